The number of H-pyrrole nitrogens is 1. The quantitative estimate of drug-likeness (QED) is 0.439. The lowest BCUT2D eigenvalue weighted by Crippen LogP contribution is -2.36. The minimum Gasteiger partial charge on any atom is -0.462 e. The smallest absolute Gasteiger partial charge is 0.338 e. The van der Waals surface area contributed by atoms with Crippen LogP contribution in [0.2, 0.25) is 0 Å². The van der Waals surface area contributed by atoms with Crippen LogP contribution in [0, 0.1) is 6.92 Å². The van der Waals surface area contributed by atoms with Gasteiger partial charge in [-0.2, -0.15) is 0 Å². The van der Waals surface area contributed by atoms with E-state index in [1.165, 1.54) is 4.57 Å². The van der Waals surface area contributed by atoms with E-state index in [-0.39, 0.29) is 12.6 Å². The first-order valence-electron chi connectivity index (χ1n) is 8.02. The van der Waals surface area contributed by atoms with E-state index in [4.69, 9.17) is 4.74 Å². The molecular weight excluding hydrogens is 320 g/mol. The second-order valence-corrected chi connectivity index (χ2v) is 5.73. The molecule has 0 saturated carbocycles. The number of aromatic nitrogens is 2. The monoisotopic (exact) mass is 338 g/mol. The van der Waals surface area contributed by atoms with Crippen LogP contribution in [0.4, 0.5) is 0 Å². The molecule has 0 atom stereocenters. The van der Waals surface area contributed by atoms with Crippen LogP contribution in [0.1, 0.15) is 22.3 Å². The van der Waals surface area contributed by atoms with Crippen LogP contribution in [0.5, 0.6) is 0 Å². The van der Waals surface area contributed by atoms with Gasteiger partial charge in [0.1, 0.15) is 0 Å². The lowest BCUT2D eigenvalue weighted by Gasteiger charge is -2.10. The molecule has 128 valence electrons. The molecule has 1 heterocycles. The number of hydrogen-bond donors (Lipinski definition) is 1. The number of para-hydroxylation sites is 2. The Balaban J connectivity index is 1.69. The maximum Gasteiger partial charge on any atom is 0.338 e. The summed E-state index contributed by atoms with van der Waals surface area (Å²) in [5.41, 5.74) is 1.37. The number of fused-ring (bicyclic) bond motifs is 1. The minimum atomic E-state index is -0.657. The zero-order valence-corrected chi connectivity index (χ0v) is 13.8. The van der Waals surface area contributed by atoms with E-state index in [2.05, 4.69) is 4.98 Å². The number of aromatic amines is 1. The number of hydrogen-bond acceptors (Lipinski definition) is 4. The number of ether oxygens (including phenoxy) is 1. The fourth-order valence-corrected chi connectivity index (χ4v) is 2.71. The summed E-state index contributed by atoms with van der Waals surface area (Å²) < 4.78 is 6.69. The van der Waals surface area contributed by atoms with Gasteiger partial charge in [0.2, 0.25) is 0 Å². The zero-order chi connectivity index (χ0) is 17.8. The van der Waals surface area contributed by atoms with E-state index in [1.54, 1.807) is 36.4 Å². The first-order valence-corrected chi connectivity index (χ1v) is 8.02. The maximum absolute atomic E-state index is 12.1. The van der Waals surface area contributed by atoms with Crippen molar-refractivity contribution in [3.05, 3.63) is 80.4 Å². The van der Waals surface area contributed by atoms with Gasteiger partial charge in [0.15, 0.2) is 0 Å². The van der Waals surface area contributed by atoms with Gasteiger partial charge < -0.3 is 14.3 Å². The molecule has 0 spiro atoms. The Morgan fingerprint density at radius 1 is 1.08 bits per heavy atom. The van der Waals surface area contributed by atoms with Crippen LogP contribution in [0.15, 0.2) is 58.1 Å². The highest BCUT2D eigenvalue weighted by Crippen LogP contribution is 2.10. The predicted octanol–water partition coefficient (Wildman–Crippen LogP) is 2.25. The topological polar surface area (TPSA) is 81.2 Å². The molecule has 0 amide bonds. The molecule has 3 aromatic rings. The summed E-state index contributed by atoms with van der Waals surface area (Å²) in [6, 6.07) is 14.3. The largest absolute Gasteiger partial charge is 0.462 e. The Bertz CT molecular complexity index is 1030. The number of benzene rings is 2. The van der Waals surface area contributed by atoms with Crippen LogP contribution in [-0.2, 0) is 11.3 Å². The van der Waals surface area contributed by atoms with Gasteiger partial charge >= 0.3 is 17.1 Å². The van der Waals surface area contributed by atoms with Crippen molar-refractivity contribution < 1.29 is 9.53 Å². The minimum absolute atomic E-state index is 0.167. The molecule has 6 nitrogen and oxygen atoms in total. The molecule has 0 bridgehead atoms. The molecule has 0 aliphatic carbocycles. The molecule has 0 fully saturated rings. The number of esters is 1. The highest BCUT2D eigenvalue weighted by Gasteiger charge is 2.10. The van der Waals surface area contributed by atoms with Gasteiger partial charge in [-0.15, -0.1) is 0 Å². The molecule has 0 radical (unpaired) electrons. The Morgan fingerprint density at radius 3 is 2.60 bits per heavy atom. The number of aryl methyl sites for hydroxylation is 2. The van der Waals surface area contributed by atoms with Crippen molar-refractivity contribution >= 4 is 17.0 Å². The van der Waals surface area contributed by atoms with Crippen LogP contribution >= 0.6 is 0 Å². The van der Waals surface area contributed by atoms with Gasteiger partial charge in [-0.05, 0) is 37.1 Å². The summed E-state index contributed by atoms with van der Waals surface area (Å²) in [5.74, 6) is -0.388. The van der Waals surface area contributed by atoms with Crippen molar-refractivity contribution in [1.82, 2.24) is 9.55 Å². The summed E-state index contributed by atoms with van der Waals surface area (Å²) in [4.78, 5) is 38.5. The molecule has 1 aromatic heterocycles. The molecule has 25 heavy (non-hydrogen) atoms. The highest BCUT2D eigenvalue weighted by atomic mass is 16.5. The molecule has 6 heteroatoms. The lowest BCUT2D eigenvalue weighted by molar-refractivity contribution is 0.0495. The summed E-state index contributed by atoms with van der Waals surface area (Å²) in [6.45, 7) is 2.31. The molecule has 0 unspecified atom stereocenters. The second kappa shape index (κ2) is 7.17. The average Bonchev–Trinajstić information content (AvgIpc) is 2.61. The van der Waals surface area contributed by atoms with Crippen LogP contribution in [-0.4, -0.2) is 22.1 Å². The fraction of sp³-hybridized carbons (Fsp3) is 0.211. The van der Waals surface area contributed by atoms with Gasteiger partial charge in [-0.3, -0.25) is 9.59 Å². The van der Waals surface area contributed by atoms with Crippen molar-refractivity contribution in [2.24, 2.45) is 0 Å². The highest BCUT2D eigenvalue weighted by molar-refractivity contribution is 5.90. The predicted molar refractivity (Wildman–Crippen MR) is 94.9 cm³/mol. The van der Waals surface area contributed by atoms with Gasteiger partial charge in [-0.25, -0.2) is 4.79 Å². The Morgan fingerprint density at radius 2 is 1.80 bits per heavy atom. The Kier molecular flexibility index (Phi) is 4.79. The number of carbonyl (C=O) groups is 1. The first kappa shape index (κ1) is 16.7. The average molecular weight is 338 g/mol. The molecule has 0 saturated heterocycles. The Labute approximate surface area is 143 Å². The van der Waals surface area contributed by atoms with E-state index >= 15 is 0 Å². The first-order chi connectivity index (χ1) is 12.1. The standard InChI is InChI=1S/C19H18N2O4/c1-13-7-2-3-8-14(13)19(24)25-12-6-11-21-16-10-5-4-9-15(16)20-17(22)18(21)23/h2-5,7-10H,6,11-12H2,1H3,(H,20,22). The Hall–Kier alpha value is -3.15. The molecule has 3 rings (SSSR count). The third-order valence-electron chi connectivity index (χ3n) is 4.01. The van der Waals surface area contributed by atoms with E-state index < -0.39 is 11.1 Å². The molecule has 0 aliphatic rings. The van der Waals surface area contributed by atoms with E-state index in [1.807, 2.05) is 19.1 Å². The molecular formula is C19H18N2O4. The second-order valence-electron chi connectivity index (χ2n) is 5.73. The fourth-order valence-electron chi connectivity index (χ4n) is 2.71. The van der Waals surface area contributed by atoms with Crippen molar-refractivity contribution in [1.29, 1.82) is 0 Å². The van der Waals surface area contributed by atoms with Crippen molar-refractivity contribution in [3.8, 4) is 0 Å². The SMILES string of the molecule is Cc1ccccc1C(=O)OCCCn1c(=O)c(=O)[nH]c2ccccc21. The third kappa shape index (κ3) is 3.52. The summed E-state index contributed by atoms with van der Waals surface area (Å²) in [6.07, 6.45) is 0.435. The number of nitrogens with zero attached hydrogens (tertiary/aromatic N) is 1. The van der Waals surface area contributed by atoms with Gasteiger partial charge in [-0.1, -0.05) is 30.3 Å². The molecule has 1 N–H and O–H groups in total. The van der Waals surface area contributed by atoms with Crippen LogP contribution in [0.25, 0.3) is 11.0 Å². The van der Waals surface area contributed by atoms with Gasteiger partial charge in [0, 0.05) is 6.54 Å². The van der Waals surface area contributed by atoms with Gasteiger partial charge in [0.05, 0.1) is 23.2 Å². The van der Waals surface area contributed by atoms with Crippen molar-refractivity contribution in [3.63, 3.8) is 0 Å². The van der Waals surface area contributed by atoms with Crippen LogP contribution < -0.4 is 11.1 Å². The van der Waals surface area contributed by atoms with E-state index in [0.29, 0.717) is 29.6 Å². The molecule has 2 aromatic carbocycles. The summed E-state index contributed by atoms with van der Waals surface area (Å²) in [7, 11) is 0. The van der Waals surface area contributed by atoms with Crippen LogP contribution in [0.3, 0.4) is 0 Å². The lowest BCUT2D eigenvalue weighted by atomic mass is 10.1. The van der Waals surface area contributed by atoms with Crippen molar-refractivity contribution in [2.75, 3.05) is 6.61 Å². The third-order valence-corrected chi connectivity index (χ3v) is 4.01. The van der Waals surface area contributed by atoms with E-state index in [0.717, 1.165) is 5.56 Å². The number of nitrogens with one attached hydrogen (secondary N) is 1. The number of carbonyl (C=O) groups excluding carboxylic acids is 1. The summed E-state index contributed by atoms with van der Waals surface area (Å²) in [5, 5.41) is 0. The molecule has 0 aliphatic heterocycles. The zero-order valence-electron chi connectivity index (χ0n) is 13.8. The maximum atomic E-state index is 12.1. The van der Waals surface area contributed by atoms with E-state index in [9.17, 15) is 14.4 Å². The van der Waals surface area contributed by atoms with Gasteiger partial charge in [0.25, 0.3) is 0 Å². The normalized spacial score (nSPS) is 10.8. The summed E-state index contributed by atoms with van der Waals surface area (Å²) >= 11 is 0. The van der Waals surface area contributed by atoms with Crippen molar-refractivity contribution in [2.45, 2.75) is 19.9 Å². The number of rotatable bonds is 5.